The lowest BCUT2D eigenvalue weighted by atomic mass is 10.0. The molecule has 1 aliphatic rings. The van der Waals surface area contributed by atoms with Gasteiger partial charge in [0, 0.05) is 35.2 Å². The second kappa shape index (κ2) is 7.56. The van der Waals surface area contributed by atoms with Crippen LogP contribution in [-0.4, -0.2) is 22.5 Å². The SMILES string of the molecule is O=C1c2ccnc(-c3ccc(F)cc3OC(F)F)c2CN1c1ccc(C(F)(F)F)cn1. The molecule has 11 heteroatoms. The molecule has 0 saturated heterocycles. The molecule has 0 saturated carbocycles. The number of alkyl halides is 5. The Bertz CT molecular complexity index is 1150. The summed E-state index contributed by atoms with van der Waals surface area (Å²) in [6.07, 6.45) is -2.70. The maximum atomic E-state index is 13.6. The highest BCUT2D eigenvalue weighted by Gasteiger charge is 2.34. The van der Waals surface area contributed by atoms with Crippen molar-refractivity contribution < 1.29 is 35.9 Å². The van der Waals surface area contributed by atoms with Gasteiger partial charge in [0.1, 0.15) is 17.4 Å². The number of carbonyl (C=O) groups excluding carboxylic acids is 1. The fraction of sp³-hybridized carbons (Fsp3) is 0.150. The Kier molecular flexibility index (Phi) is 5.03. The Labute approximate surface area is 170 Å². The van der Waals surface area contributed by atoms with Crippen LogP contribution < -0.4 is 9.64 Å². The van der Waals surface area contributed by atoms with E-state index in [0.29, 0.717) is 11.8 Å². The number of anilines is 1. The average molecular weight is 439 g/mol. The molecule has 2 aromatic heterocycles. The zero-order valence-electron chi connectivity index (χ0n) is 15.3. The Morgan fingerprint density at radius 3 is 2.45 bits per heavy atom. The van der Waals surface area contributed by atoms with Crippen molar-refractivity contribution in [2.75, 3.05) is 4.90 Å². The number of halogens is 6. The molecule has 0 N–H and O–H groups in total. The van der Waals surface area contributed by atoms with Crippen molar-refractivity contribution in [2.24, 2.45) is 0 Å². The zero-order valence-corrected chi connectivity index (χ0v) is 15.3. The Hall–Kier alpha value is -3.63. The molecule has 0 fully saturated rings. The van der Waals surface area contributed by atoms with Gasteiger partial charge in [-0.15, -0.1) is 0 Å². The van der Waals surface area contributed by atoms with Crippen LogP contribution in [0.25, 0.3) is 11.3 Å². The van der Waals surface area contributed by atoms with Crippen molar-refractivity contribution in [1.82, 2.24) is 9.97 Å². The predicted molar refractivity (Wildman–Crippen MR) is 96.0 cm³/mol. The lowest BCUT2D eigenvalue weighted by Crippen LogP contribution is -2.24. The van der Waals surface area contributed by atoms with Crippen molar-refractivity contribution in [2.45, 2.75) is 19.3 Å². The normalized spacial score (nSPS) is 13.6. The first kappa shape index (κ1) is 20.6. The molecule has 1 aliphatic heterocycles. The largest absolute Gasteiger partial charge is 0.434 e. The molecule has 0 spiro atoms. The molecule has 31 heavy (non-hydrogen) atoms. The van der Waals surface area contributed by atoms with Crippen molar-refractivity contribution >= 4 is 11.7 Å². The summed E-state index contributed by atoms with van der Waals surface area (Å²) in [5.41, 5.74) is -0.341. The van der Waals surface area contributed by atoms with Gasteiger partial charge in [0.15, 0.2) is 0 Å². The molecule has 5 nitrogen and oxygen atoms in total. The fourth-order valence-electron chi connectivity index (χ4n) is 3.24. The van der Waals surface area contributed by atoms with Crippen LogP contribution in [0.15, 0.2) is 48.8 Å². The minimum absolute atomic E-state index is 0.0247. The molecule has 0 aliphatic carbocycles. The summed E-state index contributed by atoms with van der Waals surface area (Å²) in [7, 11) is 0. The van der Waals surface area contributed by atoms with Crippen LogP contribution in [-0.2, 0) is 12.7 Å². The van der Waals surface area contributed by atoms with E-state index in [9.17, 15) is 31.1 Å². The molecule has 3 heterocycles. The van der Waals surface area contributed by atoms with E-state index in [1.165, 1.54) is 18.3 Å². The fourth-order valence-corrected chi connectivity index (χ4v) is 3.24. The highest BCUT2D eigenvalue weighted by molar-refractivity contribution is 6.10. The standard InChI is InChI=1S/C20H11F6N3O2/c21-11-2-3-13(15(7-11)31-19(22)23)17-14-9-29(18(30)12(14)5-6-27-17)16-4-1-10(8-28-16)20(24,25)26/h1-8,19H,9H2. The van der Waals surface area contributed by atoms with Gasteiger partial charge in [0.2, 0.25) is 0 Å². The number of benzene rings is 1. The number of rotatable bonds is 4. The van der Waals surface area contributed by atoms with Crippen LogP contribution in [0.5, 0.6) is 5.75 Å². The van der Waals surface area contributed by atoms with E-state index in [4.69, 9.17) is 0 Å². The van der Waals surface area contributed by atoms with Crippen molar-refractivity contribution in [1.29, 1.82) is 0 Å². The summed E-state index contributed by atoms with van der Waals surface area (Å²) in [4.78, 5) is 21.8. The first-order valence-corrected chi connectivity index (χ1v) is 8.73. The van der Waals surface area contributed by atoms with E-state index in [-0.39, 0.29) is 29.2 Å². The van der Waals surface area contributed by atoms with Crippen molar-refractivity contribution in [3.8, 4) is 17.0 Å². The van der Waals surface area contributed by atoms with Gasteiger partial charge in [0.05, 0.1) is 17.8 Å². The number of hydrogen-bond acceptors (Lipinski definition) is 4. The Morgan fingerprint density at radius 2 is 1.81 bits per heavy atom. The number of hydrogen-bond donors (Lipinski definition) is 0. The third-order valence-electron chi connectivity index (χ3n) is 4.61. The first-order valence-electron chi connectivity index (χ1n) is 8.73. The predicted octanol–water partition coefficient (Wildman–Crippen LogP) is 5.06. The number of nitrogens with zero attached hydrogens (tertiary/aromatic N) is 3. The van der Waals surface area contributed by atoms with Gasteiger partial charge in [-0.2, -0.15) is 22.0 Å². The third-order valence-corrected chi connectivity index (χ3v) is 4.61. The molecule has 1 aromatic carbocycles. The molecule has 0 bridgehead atoms. The summed E-state index contributed by atoms with van der Waals surface area (Å²) in [5, 5.41) is 0. The Balaban J connectivity index is 1.73. The molecular formula is C20H11F6N3O2. The summed E-state index contributed by atoms with van der Waals surface area (Å²) in [6, 6.07) is 6.24. The number of aromatic nitrogens is 2. The number of amides is 1. The van der Waals surface area contributed by atoms with Gasteiger partial charge < -0.3 is 4.74 Å². The third kappa shape index (κ3) is 3.90. The second-order valence-electron chi connectivity index (χ2n) is 6.50. The topological polar surface area (TPSA) is 55.3 Å². The van der Waals surface area contributed by atoms with E-state index in [1.54, 1.807) is 0 Å². The highest BCUT2D eigenvalue weighted by Crippen LogP contribution is 2.38. The monoisotopic (exact) mass is 439 g/mol. The lowest BCUT2D eigenvalue weighted by Gasteiger charge is -2.16. The quantitative estimate of drug-likeness (QED) is 0.533. The van der Waals surface area contributed by atoms with Gasteiger partial charge in [-0.1, -0.05) is 0 Å². The highest BCUT2D eigenvalue weighted by atomic mass is 19.4. The average Bonchev–Trinajstić information content (AvgIpc) is 3.04. The summed E-state index contributed by atoms with van der Waals surface area (Å²) in [6.45, 7) is -3.34. The van der Waals surface area contributed by atoms with Crippen molar-refractivity contribution in [3.05, 3.63) is 71.3 Å². The number of fused-ring (bicyclic) bond motifs is 1. The van der Waals surface area contributed by atoms with Gasteiger partial charge in [-0.25, -0.2) is 9.37 Å². The van der Waals surface area contributed by atoms with Crippen LogP contribution >= 0.6 is 0 Å². The van der Waals surface area contributed by atoms with Gasteiger partial charge in [0.25, 0.3) is 5.91 Å². The van der Waals surface area contributed by atoms with E-state index in [0.717, 1.165) is 29.2 Å². The van der Waals surface area contributed by atoms with E-state index < -0.39 is 35.8 Å². The summed E-state index contributed by atoms with van der Waals surface area (Å²) < 4.78 is 81.8. The zero-order chi connectivity index (χ0) is 22.3. The molecule has 4 rings (SSSR count). The van der Waals surface area contributed by atoms with Crippen LogP contribution in [0.3, 0.4) is 0 Å². The molecule has 160 valence electrons. The van der Waals surface area contributed by atoms with E-state index >= 15 is 0 Å². The molecule has 0 radical (unpaired) electrons. The first-order chi connectivity index (χ1) is 14.6. The van der Waals surface area contributed by atoms with Crippen LogP contribution in [0, 0.1) is 5.82 Å². The smallest absolute Gasteiger partial charge is 0.417 e. The lowest BCUT2D eigenvalue weighted by molar-refractivity contribution is -0.137. The Morgan fingerprint density at radius 1 is 1.03 bits per heavy atom. The van der Waals surface area contributed by atoms with Crippen LogP contribution in [0.4, 0.5) is 32.2 Å². The van der Waals surface area contributed by atoms with Gasteiger partial charge >= 0.3 is 12.8 Å². The van der Waals surface area contributed by atoms with E-state index in [1.807, 2.05) is 0 Å². The van der Waals surface area contributed by atoms with Gasteiger partial charge in [-0.3, -0.25) is 14.7 Å². The van der Waals surface area contributed by atoms with Crippen LogP contribution in [0.2, 0.25) is 0 Å². The minimum atomic E-state index is -4.58. The number of pyridine rings is 2. The summed E-state index contributed by atoms with van der Waals surface area (Å²) in [5.74, 6) is -1.85. The maximum absolute atomic E-state index is 13.6. The van der Waals surface area contributed by atoms with Crippen molar-refractivity contribution in [3.63, 3.8) is 0 Å². The number of ether oxygens (including phenoxy) is 1. The van der Waals surface area contributed by atoms with Crippen LogP contribution in [0.1, 0.15) is 21.5 Å². The number of carbonyl (C=O) groups is 1. The second-order valence-corrected chi connectivity index (χ2v) is 6.50. The minimum Gasteiger partial charge on any atom is -0.434 e. The molecular weight excluding hydrogens is 428 g/mol. The summed E-state index contributed by atoms with van der Waals surface area (Å²) >= 11 is 0. The maximum Gasteiger partial charge on any atom is 0.417 e. The van der Waals surface area contributed by atoms with Gasteiger partial charge in [-0.05, 0) is 30.3 Å². The molecule has 1 amide bonds. The van der Waals surface area contributed by atoms with E-state index in [2.05, 4.69) is 14.7 Å². The molecule has 3 aromatic rings. The molecule has 0 atom stereocenters. The molecule has 0 unspecified atom stereocenters.